The van der Waals surface area contributed by atoms with E-state index in [1.54, 1.807) is 17.0 Å². The molecule has 0 saturated carbocycles. The molecule has 6 nitrogen and oxygen atoms in total. The van der Waals surface area contributed by atoms with Crippen molar-refractivity contribution in [3.05, 3.63) is 41.1 Å². The average molecular weight is 378 g/mol. The normalized spacial score (nSPS) is 17.1. The Kier molecular flexibility index (Phi) is 6.52. The fraction of sp³-hybridized carbons (Fsp3) is 0.474. The predicted octanol–water partition coefficient (Wildman–Crippen LogP) is 4.10. The highest BCUT2D eigenvalue weighted by Gasteiger charge is 2.20. The molecule has 1 N–H and O–H groups in total. The van der Waals surface area contributed by atoms with Crippen molar-refractivity contribution in [2.45, 2.75) is 38.8 Å². The molecule has 1 aromatic carbocycles. The molecule has 7 heteroatoms. The number of carbonyl (C=O) groups is 1. The van der Waals surface area contributed by atoms with Crippen LogP contribution in [0.15, 0.2) is 34.9 Å². The van der Waals surface area contributed by atoms with Gasteiger partial charge in [0.25, 0.3) is 0 Å². The molecular weight excluding hydrogens is 354 g/mol. The van der Waals surface area contributed by atoms with Crippen LogP contribution in [-0.2, 0) is 11.3 Å². The molecule has 1 saturated heterocycles. The average Bonchev–Trinajstić information content (AvgIpc) is 3.14. The number of benzene rings is 1. The van der Waals surface area contributed by atoms with Gasteiger partial charge in [0.05, 0.1) is 17.7 Å². The van der Waals surface area contributed by atoms with Gasteiger partial charge in [-0.3, -0.25) is 0 Å². The Balaban J connectivity index is 1.54. The second kappa shape index (κ2) is 9.05. The van der Waals surface area contributed by atoms with Crippen LogP contribution >= 0.6 is 11.6 Å². The first-order valence-electron chi connectivity index (χ1n) is 9.02. The molecule has 3 rings (SSSR count). The minimum Gasteiger partial charge on any atom is -0.376 e. The van der Waals surface area contributed by atoms with Crippen LogP contribution in [0.2, 0.25) is 5.02 Å². The lowest BCUT2D eigenvalue weighted by atomic mass is 10.1. The Hall–Kier alpha value is -2.05. The van der Waals surface area contributed by atoms with Gasteiger partial charge in [-0.25, -0.2) is 4.79 Å². The van der Waals surface area contributed by atoms with Crippen LogP contribution in [0.25, 0.3) is 11.3 Å². The molecule has 1 aliphatic rings. The molecule has 0 spiro atoms. The topological polar surface area (TPSA) is 67.6 Å². The predicted molar refractivity (Wildman–Crippen MR) is 100 cm³/mol. The van der Waals surface area contributed by atoms with E-state index in [-0.39, 0.29) is 18.7 Å². The molecule has 0 unspecified atom stereocenters. The fourth-order valence-corrected chi connectivity index (χ4v) is 3.25. The summed E-state index contributed by atoms with van der Waals surface area (Å²) in [6, 6.07) is 9.11. The zero-order chi connectivity index (χ0) is 18.4. The van der Waals surface area contributed by atoms with Crippen LogP contribution in [0.3, 0.4) is 0 Å². The number of hydrogen-bond acceptors (Lipinski definition) is 4. The first-order valence-corrected chi connectivity index (χ1v) is 9.40. The summed E-state index contributed by atoms with van der Waals surface area (Å²) < 4.78 is 11.0. The first-order chi connectivity index (χ1) is 12.7. The van der Waals surface area contributed by atoms with Crippen molar-refractivity contribution in [2.24, 2.45) is 0 Å². The number of urea groups is 1. The van der Waals surface area contributed by atoms with E-state index in [4.69, 9.17) is 20.9 Å². The number of aromatic nitrogens is 1. The Morgan fingerprint density at radius 1 is 1.38 bits per heavy atom. The first kappa shape index (κ1) is 18.7. The summed E-state index contributed by atoms with van der Waals surface area (Å²) >= 11 is 6.18. The maximum absolute atomic E-state index is 12.4. The number of halogens is 1. The Morgan fingerprint density at radius 2 is 2.23 bits per heavy atom. The highest BCUT2D eigenvalue weighted by molar-refractivity contribution is 6.33. The van der Waals surface area contributed by atoms with Gasteiger partial charge in [0.15, 0.2) is 5.76 Å². The summed E-state index contributed by atoms with van der Waals surface area (Å²) in [5, 5.41) is 7.54. The molecule has 1 aromatic heterocycles. The van der Waals surface area contributed by atoms with Gasteiger partial charge in [0.1, 0.15) is 5.69 Å². The molecule has 0 bridgehead atoms. The lowest BCUT2D eigenvalue weighted by molar-refractivity contribution is 0.00129. The molecule has 1 atom stereocenters. The van der Waals surface area contributed by atoms with Gasteiger partial charge in [-0.1, -0.05) is 35.0 Å². The zero-order valence-electron chi connectivity index (χ0n) is 14.9. The van der Waals surface area contributed by atoms with E-state index >= 15 is 0 Å². The number of nitrogens with zero attached hydrogens (tertiary/aromatic N) is 2. The summed E-state index contributed by atoms with van der Waals surface area (Å²) in [7, 11) is 0. The zero-order valence-corrected chi connectivity index (χ0v) is 15.7. The van der Waals surface area contributed by atoms with Crippen molar-refractivity contribution >= 4 is 17.6 Å². The number of rotatable bonds is 6. The largest absolute Gasteiger partial charge is 0.376 e. The van der Waals surface area contributed by atoms with Gasteiger partial charge in [-0.15, -0.1) is 0 Å². The van der Waals surface area contributed by atoms with Gasteiger partial charge in [0.2, 0.25) is 0 Å². The van der Waals surface area contributed by atoms with E-state index < -0.39 is 0 Å². The van der Waals surface area contributed by atoms with E-state index in [2.05, 4.69) is 10.5 Å². The van der Waals surface area contributed by atoms with Crippen molar-refractivity contribution in [2.75, 3.05) is 19.7 Å². The lowest BCUT2D eigenvalue weighted by Gasteiger charge is -2.29. The van der Waals surface area contributed by atoms with Gasteiger partial charge < -0.3 is 19.5 Å². The van der Waals surface area contributed by atoms with E-state index in [0.29, 0.717) is 29.6 Å². The molecule has 1 fully saturated rings. The van der Waals surface area contributed by atoms with Crippen molar-refractivity contribution in [3.63, 3.8) is 0 Å². The number of hydrogen-bond donors (Lipinski definition) is 1. The Morgan fingerprint density at radius 3 is 2.96 bits per heavy atom. The van der Waals surface area contributed by atoms with Crippen LogP contribution < -0.4 is 5.32 Å². The molecule has 0 radical (unpaired) electrons. The van der Waals surface area contributed by atoms with Gasteiger partial charge in [0, 0.05) is 31.3 Å². The Bertz CT molecular complexity index is 728. The minimum atomic E-state index is -0.127. The number of carbonyl (C=O) groups excluding carboxylic acids is 1. The van der Waals surface area contributed by atoms with Gasteiger partial charge >= 0.3 is 6.03 Å². The third-order valence-electron chi connectivity index (χ3n) is 4.49. The van der Waals surface area contributed by atoms with Crippen LogP contribution in [0.5, 0.6) is 0 Å². The third kappa shape index (κ3) is 4.77. The molecule has 140 valence electrons. The van der Waals surface area contributed by atoms with Crippen molar-refractivity contribution in [1.82, 2.24) is 15.4 Å². The standard InChI is InChI=1S/C19H24ClN3O3/c1-2-23(13-14-7-5-6-10-25-14)19(24)21-12-15-11-18(22-26-15)16-8-3-4-9-17(16)20/h3-4,8-9,11,14H,2,5-7,10,12-13H2,1H3,(H,21,24)/t14-/m1/s1. The molecule has 1 aliphatic heterocycles. The van der Waals surface area contributed by atoms with Crippen LogP contribution in [0.4, 0.5) is 4.79 Å². The maximum Gasteiger partial charge on any atom is 0.317 e. The number of amides is 2. The monoisotopic (exact) mass is 377 g/mol. The van der Waals surface area contributed by atoms with Gasteiger partial charge in [-0.05, 0) is 32.3 Å². The van der Waals surface area contributed by atoms with Crippen LogP contribution in [0.1, 0.15) is 31.9 Å². The maximum atomic E-state index is 12.4. The molecule has 2 heterocycles. The third-order valence-corrected chi connectivity index (χ3v) is 4.82. The molecule has 26 heavy (non-hydrogen) atoms. The van der Waals surface area contributed by atoms with Crippen molar-refractivity contribution in [1.29, 1.82) is 0 Å². The van der Waals surface area contributed by atoms with Crippen LogP contribution in [-0.4, -0.2) is 41.9 Å². The molecule has 2 amide bonds. The van der Waals surface area contributed by atoms with Crippen molar-refractivity contribution in [3.8, 4) is 11.3 Å². The number of likely N-dealkylation sites (N-methyl/N-ethyl adjacent to an activating group) is 1. The Labute approximate surface area is 158 Å². The molecule has 2 aromatic rings. The summed E-state index contributed by atoms with van der Waals surface area (Å²) in [4.78, 5) is 14.2. The van der Waals surface area contributed by atoms with E-state index in [1.165, 1.54) is 0 Å². The number of nitrogens with one attached hydrogen (secondary N) is 1. The SMILES string of the molecule is CCN(C[C@H]1CCCCO1)C(=O)NCc1cc(-c2ccccc2Cl)no1. The van der Waals surface area contributed by atoms with E-state index in [9.17, 15) is 4.79 Å². The summed E-state index contributed by atoms with van der Waals surface area (Å²) in [5.41, 5.74) is 1.46. The summed E-state index contributed by atoms with van der Waals surface area (Å²) in [5.74, 6) is 0.582. The van der Waals surface area contributed by atoms with E-state index in [0.717, 1.165) is 31.4 Å². The number of ether oxygens (including phenoxy) is 1. The minimum absolute atomic E-state index is 0.127. The molecular formula is C19H24ClN3O3. The van der Waals surface area contributed by atoms with Crippen LogP contribution in [0, 0.1) is 0 Å². The van der Waals surface area contributed by atoms with E-state index in [1.807, 2.05) is 25.1 Å². The quantitative estimate of drug-likeness (QED) is 0.823. The summed E-state index contributed by atoms with van der Waals surface area (Å²) in [6.07, 6.45) is 3.40. The summed E-state index contributed by atoms with van der Waals surface area (Å²) in [6.45, 7) is 4.27. The molecule has 0 aliphatic carbocycles. The highest BCUT2D eigenvalue weighted by Crippen LogP contribution is 2.26. The lowest BCUT2D eigenvalue weighted by Crippen LogP contribution is -2.44. The second-order valence-corrected chi connectivity index (χ2v) is 6.75. The smallest absolute Gasteiger partial charge is 0.317 e. The fourth-order valence-electron chi connectivity index (χ4n) is 3.02. The van der Waals surface area contributed by atoms with Crippen molar-refractivity contribution < 1.29 is 14.1 Å². The second-order valence-electron chi connectivity index (χ2n) is 6.34. The van der Waals surface area contributed by atoms with Gasteiger partial charge in [-0.2, -0.15) is 0 Å². The highest BCUT2D eigenvalue weighted by atomic mass is 35.5.